The normalized spacial score (nSPS) is 10.2. The van der Waals surface area contributed by atoms with Gasteiger partial charge in [0.05, 0.1) is 6.54 Å². The third kappa shape index (κ3) is 6.60. The van der Waals surface area contributed by atoms with Gasteiger partial charge in [-0.05, 0) is 30.0 Å². The topological polar surface area (TPSA) is 32.3 Å². The fraction of sp³-hybridized carbons (Fsp3) is 0.533. The monoisotopic (exact) mass is 284 g/mol. The molecule has 0 aliphatic rings. The first-order valence-electron chi connectivity index (χ1n) is 6.50. The van der Waals surface area contributed by atoms with E-state index in [2.05, 4.69) is 43.4 Å². The Labute approximate surface area is 122 Å². The minimum atomic E-state index is 0. The van der Waals surface area contributed by atoms with Gasteiger partial charge in [0.2, 0.25) is 5.91 Å². The van der Waals surface area contributed by atoms with Crippen LogP contribution in [0.25, 0.3) is 0 Å². The Hall–Kier alpha value is -1.06. The molecule has 1 aromatic carbocycles. The largest absolute Gasteiger partial charge is 0.348 e. The van der Waals surface area contributed by atoms with Crippen molar-refractivity contribution in [3.8, 4) is 0 Å². The summed E-state index contributed by atoms with van der Waals surface area (Å²) in [6, 6.07) is 8.66. The number of likely N-dealkylation sites (N-methyl/N-ethyl adjacent to an activating group) is 1. The van der Waals surface area contributed by atoms with Crippen molar-refractivity contribution in [1.82, 2.24) is 10.2 Å². The molecule has 3 nitrogen and oxygen atoms in total. The Bertz CT molecular complexity index is 391. The van der Waals surface area contributed by atoms with Gasteiger partial charge in [-0.15, -0.1) is 12.4 Å². The third-order valence-corrected chi connectivity index (χ3v) is 2.98. The average molecular weight is 285 g/mol. The number of hydrogen-bond acceptors (Lipinski definition) is 2. The van der Waals surface area contributed by atoms with Gasteiger partial charge in [-0.2, -0.15) is 0 Å². The van der Waals surface area contributed by atoms with Crippen LogP contribution < -0.4 is 5.32 Å². The molecule has 0 aromatic heterocycles. The SMILES string of the molecule is CC(C)c1cccc(CCNCC(=O)N(C)C)c1.Cl. The van der Waals surface area contributed by atoms with Crippen LogP contribution in [0.15, 0.2) is 24.3 Å². The average Bonchev–Trinajstić information content (AvgIpc) is 2.34. The van der Waals surface area contributed by atoms with Crippen molar-refractivity contribution in [2.75, 3.05) is 27.2 Å². The van der Waals surface area contributed by atoms with Crippen LogP contribution in [0.5, 0.6) is 0 Å². The number of rotatable bonds is 6. The highest BCUT2D eigenvalue weighted by Crippen LogP contribution is 2.15. The summed E-state index contributed by atoms with van der Waals surface area (Å²) in [5.41, 5.74) is 2.70. The highest BCUT2D eigenvalue weighted by atomic mass is 35.5. The van der Waals surface area contributed by atoms with E-state index in [0.717, 1.165) is 13.0 Å². The second-order valence-electron chi connectivity index (χ2n) is 5.11. The number of nitrogens with zero attached hydrogens (tertiary/aromatic N) is 1. The second-order valence-corrected chi connectivity index (χ2v) is 5.11. The highest BCUT2D eigenvalue weighted by molar-refractivity contribution is 5.85. The van der Waals surface area contributed by atoms with Crippen LogP contribution in [0.1, 0.15) is 30.9 Å². The summed E-state index contributed by atoms with van der Waals surface area (Å²) in [7, 11) is 3.55. The number of hydrogen-bond donors (Lipinski definition) is 1. The summed E-state index contributed by atoms with van der Waals surface area (Å²) in [4.78, 5) is 13.0. The third-order valence-electron chi connectivity index (χ3n) is 2.98. The maximum absolute atomic E-state index is 11.4. The molecular formula is C15H25ClN2O. The molecule has 0 saturated heterocycles. The summed E-state index contributed by atoms with van der Waals surface area (Å²) < 4.78 is 0. The van der Waals surface area contributed by atoms with E-state index in [1.54, 1.807) is 19.0 Å². The number of nitrogens with one attached hydrogen (secondary N) is 1. The van der Waals surface area contributed by atoms with Crippen LogP contribution in [0, 0.1) is 0 Å². The zero-order valence-corrected chi connectivity index (χ0v) is 13.1. The Morgan fingerprint density at radius 3 is 2.58 bits per heavy atom. The van der Waals surface area contributed by atoms with Crippen LogP contribution in [0.2, 0.25) is 0 Å². The number of amides is 1. The number of carbonyl (C=O) groups is 1. The first-order chi connectivity index (χ1) is 8.50. The molecule has 0 spiro atoms. The molecule has 0 aliphatic heterocycles. The molecule has 0 bridgehead atoms. The highest BCUT2D eigenvalue weighted by Gasteiger charge is 2.03. The van der Waals surface area contributed by atoms with E-state index in [0.29, 0.717) is 12.5 Å². The zero-order valence-electron chi connectivity index (χ0n) is 12.3. The molecule has 1 rings (SSSR count). The van der Waals surface area contributed by atoms with Gasteiger partial charge in [-0.3, -0.25) is 4.79 Å². The molecule has 0 unspecified atom stereocenters. The van der Waals surface area contributed by atoms with E-state index in [-0.39, 0.29) is 18.3 Å². The van der Waals surface area contributed by atoms with Crippen molar-refractivity contribution in [3.05, 3.63) is 35.4 Å². The molecule has 108 valence electrons. The van der Waals surface area contributed by atoms with E-state index in [4.69, 9.17) is 0 Å². The van der Waals surface area contributed by atoms with Crippen molar-refractivity contribution in [2.24, 2.45) is 0 Å². The minimum Gasteiger partial charge on any atom is -0.348 e. The van der Waals surface area contributed by atoms with Crippen LogP contribution in [-0.2, 0) is 11.2 Å². The molecule has 0 atom stereocenters. The Balaban J connectivity index is 0.00000324. The molecule has 0 aliphatic carbocycles. The second kappa shape index (κ2) is 8.94. The van der Waals surface area contributed by atoms with Gasteiger partial charge >= 0.3 is 0 Å². The zero-order chi connectivity index (χ0) is 13.5. The van der Waals surface area contributed by atoms with Crippen molar-refractivity contribution in [2.45, 2.75) is 26.2 Å². The van der Waals surface area contributed by atoms with Gasteiger partial charge in [0.1, 0.15) is 0 Å². The van der Waals surface area contributed by atoms with Crippen molar-refractivity contribution >= 4 is 18.3 Å². The summed E-state index contributed by atoms with van der Waals surface area (Å²) in [5, 5.41) is 3.17. The number of benzene rings is 1. The lowest BCUT2D eigenvalue weighted by Gasteiger charge is -2.11. The molecule has 4 heteroatoms. The fourth-order valence-electron chi connectivity index (χ4n) is 1.69. The molecule has 1 aromatic rings. The predicted octanol–water partition coefficient (Wildman–Crippen LogP) is 2.45. The number of halogens is 1. The van der Waals surface area contributed by atoms with Crippen molar-refractivity contribution < 1.29 is 4.79 Å². The molecule has 1 N–H and O–H groups in total. The van der Waals surface area contributed by atoms with Crippen LogP contribution in [0.3, 0.4) is 0 Å². The van der Waals surface area contributed by atoms with E-state index in [9.17, 15) is 4.79 Å². The maximum atomic E-state index is 11.4. The molecule has 0 radical (unpaired) electrons. The van der Waals surface area contributed by atoms with E-state index >= 15 is 0 Å². The van der Waals surface area contributed by atoms with Crippen molar-refractivity contribution in [3.63, 3.8) is 0 Å². The first-order valence-corrected chi connectivity index (χ1v) is 6.50. The quantitative estimate of drug-likeness (QED) is 0.814. The lowest BCUT2D eigenvalue weighted by atomic mass is 10.00. The smallest absolute Gasteiger partial charge is 0.236 e. The lowest BCUT2D eigenvalue weighted by molar-refractivity contribution is -0.127. The summed E-state index contributed by atoms with van der Waals surface area (Å²) >= 11 is 0. The standard InChI is InChI=1S/C15H24N2O.ClH/c1-12(2)14-7-5-6-13(10-14)8-9-16-11-15(18)17(3)4;/h5-7,10,12,16H,8-9,11H2,1-4H3;1H. The van der Waals surface area contributed by atoms with Gasteiger partial charge in [-0.25, -0.2) is 0 Å². The summed E-state index contributed by atoms with van der Waals surface area (Å²) in [5.74, 6) is 0.680. The maximum Gasteiger partial charge on any atom is 0.236 e. The van der Waals surface area contributed by atoms with Crippen molar-refractivity contribution in [1.29, 1.82) is 0 Å². The first kappa shape index (κ1) is 17.9. The Kier molecular flexibility index (Phi) is 8.44. The minimum absolute atomic E-state index is 0. The summed E-state index contributed by atoms with van der Waals surface area (Å²) in [6.45, 7) is 5.65. The van der Waals surface area contributed by atoms with Crippen LogP contribution in [0.4, 0.5) is 0 Å². The van der Waals surface area contributed by atoms with Gasteiger partial charge in [-0.1, -0.05) is 38.1 Å². The Morgan fingerprint density at radius 2 is 2.00 bits per heavy atom. The molecular weight excluding hydrogens is 260 g/mol. The van der Waals surface area contributed by atoms with Gasteiger partial charge < -0.3 is 10.2 Å². The molecule has 1 amide bonds. The van der Waals surface area contributed by atoms with E-state index < -0.39 is 0 Å². The lowest BCUT2D eigenvalue weighted by Crippen LogP contribution is -2.33. The summed E-state index contributed by atoms with van der Waals surface area (Å²) in [6.07, 6.45) is 0.960. The van der Waals surface area contributed by atoms with E-state index in [1.807, 2.05) is 0 Å². The Morgan fingerprint density at radius 1 is 1.32 bits per heavy atom. The molecule has 0 fully saturated rings. The fourth-order valence-corrected chi connectivity index (χ4v) is 1.69. The van der Waals surface area contributed by atoms with Gasteiger partial charge in [0.15, 0.2) is 0 Å². The number of carbonyl (C=O) groups excluding carboxylic acids is 1. The van der Waals surface area contributed by atoms with Gasteiger partial charge in [0, 0.05) is 14.1 Å². The molecule has 0 heterocycles. The molecule has 19 heavy (non-hydrogen) atoms. The van der Waals surface area contributed by atoms with Gasteiger partial charge in [0.25, 0.3) is 0 Å². The van der Waals surface area contributed by atoms with Crippen LogP contribution in [-0.4, -0.2) is 38.0 Å². The predicted molar refractivity (Wildman–Crippen MR) is 83.0 cm³/mol. The molecule has 0 saturated carbocycles. The van der Waals surface area contributed by atoms with E-state index in [1.165, 1.54) is 11.1 Å². The van der Waals surface area contributed by atoms with Crippen LogP contribution >= 0.6 is 12.4 Å².